The number of rotatable bonds is 8. The van der Waals surface area contributed by atoms with Crippen LogP contribution in [0.4, 0.5) is 0 Å². The van der Waals surface area contributed by atoms with Crippen LogP contribution < -0.4 is 10.8 Å². The Morgan fingerprint density at radius 3 is 2.57 bits per heavy atom. The number of carbonyl (C=O) groups is 2. The van der Waals surface area contributed by atoms with Crippen molar-refractivity contribution in [3.05, 3.63) is 77.5 Å². The topological polar surface area (TPSA) is 114 Å². The predicted octanol–water partition coefficient (Wildman–Crippen LogP) is 2.47. The van der Waals surface area contributed by atoms with Gasteiger partial charge in [-0.15, -0.1) is 0 Å². The molecule has 2 aromatic carbocycles. The zero-order chi connectivity index (χ0) is 19.9. The Morgan fingerprint density at radius 2 is 1.86 bits per heavy atom. The molecule has 0 saturated heterocycles. The average Bonchev–Trinajstić information content (AvgIpc) is 3.12. The largest absolute Gasteiger partial charge is 0.480 e. The second kappa shape index (κ2) is 8.98. The van der Waals surface area contributed by atoms with Crippen LogP contribution in [0.1, 0.15) is 16.7 Å². The summed E-state index contributed by atoms with van der Waals surface area (Å²) in [7, 11) is 0. The number of carboxylic acid groups (broad SMARTS) is 1. The Balaban J connectivity index is 1.63. The molecule has 0 spiro atoms. The van der Waals surface area contributed by atoms with Crippen LogP contribution >= 0.6 is 0 Å². The molecule has 144 valence electrons. The third-order valence-corrected chi connectivity index (χ3v) is 4.47. The van der Waals surface area contributed by atoms with Crippen LogP contribution in [0.15, 0.2) is 60.8 Å². The minimum atomic E-state index is -0.903. The van der Waals surface area contributed by atoms with Gasteiger partial charge in [0, 0.05) is 36.1 Å². The van der Waals surface area contributed by atoms with E-state index in [1.165, 1.54) is 11.6 Å². The third-order valence-electron chi connectivity index (χ3n) is 4.47. The van der Waals surface area contributed by atoms with Gasteiger partial charge in [-0.05, 0) is 28.8 Å². The van der Waals surface area contributed by atoms with Crippen molar-refractivity contribution in [3.8, 4) is 0 Å². The molecule has 0 aliphatic rings. The van der Waals surface area contributed by atoms with E-state index in [2.05, 4.69) is 10.3 Å². The maximum absolute atomic E-state index is 11.7. The van der Waals surface area contributed by atoms with Crippen molar-refractivity contribution in [3.63, 3.8) is 0 Å². The fourth-order valence-corrected chi connectivity index (χ4v) is 2.96. The van der Waals surface area contributed by atoms with Crippen LogP contribution in [0.5, 0.6) is 0 Å². The van der Waals surface area contributed by atoms with Crippen molar-refractivity contribution >= 4 is 28.9 Å². The second-order valence-electron chi connectivity index (χ2n) is 6.39. The van der Waals surface area contributed by atoms with E-state index in [0.717, 1.165) is 27.6 Å². The number of carboxylic acids is 1. The smallest absolute Gasteiger partial charge is 0.321 e. The lowest BCUT2D eigenvalue weighted by Crippen LogP contribution is -2.38. The lowest BCUT2D eigenvalue weighted by atomic mass is 10.0. The van der Waals surface area contributed by atoms with Crippen molar-refractivity contribution in [2.75, 3.05) is 0 Å². The van der Waals surface area contributed by atoms with Crippen molar-refractivity contribution in [1.82, 2.24) is 15.8 Å². The van der Waals surface area contributed by atoms with Crippen molar-refractivity contribution in [2.24, 2.45) is 0 Å². The number of hydroxylamine groups is 1. The number of aromatic amines is 1. The number of hydrogen-bond acceptors (Lipinski definition) is 4. The normalized spacial score (nSPS) is 12.3. The summed E-state index contributed by atoms with van der Waals surface area (Å²) in [6, 6.07) is 14.4. The molecule has 3 rings (SSSR count). The number of benzene rings is 2. The number of para-hydroxylation sites is 1. The predicted molar refractivity (Wildman–Crippen MR) is 106 cm³/mol. The summed E-state index contributed by atoms with van der Waals surface area (Å²) < 4.78 is 0. The molecule has 7 nitrogen and oxygen atoms in total. The van der Waals surface area contributed by atoms with Crippen LogP contribution in [0.2, 0.25) is 0 Å². The van der Waals surface area contributed by atoms with Crippen LogP contribution in [0, 0.1) is 0 Å². The zero-order valence-electron chi connectivity index (χ0n) is 15.1. The fraction of sp³-hybridized carbons (Fsp3) is 0.143. The van der Waals surface area contributed by atoms with Gasteiger partial charge in [-0.3, -0.25) is 14.8 Å². The van der Waals surface area contributed by atoms with E-state index in [1.54, 1.807) is 6.08 Å². The van der Waals surface area contributed by atoms with Crippen LogP contribution in [0.3, 0.4) is 0 Å². The summed E-state index contributed by atoms with van der Waals surface area (Å²) in [4.78, 5) is 25.8. The van der Waals surface area contributed by atoms with Gasteiger partial charge in [-0.25, -0.2) is 5.48 Å². The quantitative estimate of drug-likeness (QED) is 0.234. The number of fused-ring (bicyclic) bond motifs is 1. The minimum Gasteiger partial charge on any atom is -0.480 e. The zero-order valence-corrected chi connectivity index (χ0v) is 15.1. The third kappa shape index (κ3) is 4.85. The van der Waals surface area contributed by atoms with Crippen LogP contribution in [-0.4, -0.2) is 33.2 Å². The highest BCUT2D eigenvalue weighted by atomic mass is 16.5. The molecule has 0 radical (unpaired) electrons. The first-order valence-electron chi connectivity index (χ1n) is 8.79. The molecule has 0 aliphatic carbocycles. The molecule has 0 bridgehead atoms. The molecule has 0 fully saturated rings. The summed E-state index contributed by atoms with van der Waals surface area (Å²) >= 11 is 0. The fourth-order valence-electron chi connectivity index (χ4n) is 2.96. The maximum Gasteiger partial charge on any atom is 0.321 e. The van der Waals surface area contributed by atoms with Crippen molar-refractivity contribution in [1.29, 1.82) is 0 Å². The molecule has 1 heterocycles. The Bertz CT molecular complexity index is 992. The van der Waals surface area contributed by atoms with E-state index < -0.39 is 17.9 Å². The minimum absolute atomic E-state index is 0.371. The molecular formula is C21H21N3O4. The molecule has 28 heavy (non-hydrogen) atoms. The number of amides is 1. The monoisotopic (exact) mass is 379 g/mol. The Hall–Kier alpha value is -3.42. The number of hydrogen-bond donors (Lipinski definition) is 5. The lowest BCUT2D eigenvalue weighted by Gasteiger charge is -2.14. The highest BCUT2D eigenvalue weighted by Crippen LogP contribution is 2.19. The number of nitrogens with one attached hydrogen (secondary N) is 3. The van der Waals surface area contributed by atoms with Crippen LogP contribution in [0.25, 0.3) is 17.0 Å². The summed E-state index contributed by atoms with van der Waals surface area (Å²) in [5, 5.41) is 22.2. The number of aromatic nitrogens is 1. The molecule has 5 N–H and O–H groups in total. The highest BCUT2D eigenvalue weighted by molar-refractivity contribution is 5.90. The number of aliphatic carboxylic acids is 1. The molecule has 1 amide bonds. The lowest BCUT2D eigenvalue weighted by molar-refractivity contribution is -0.139. The van der Waals surface area contributed by atoms with Crippen molar-refractivity contribution in [2.45, 2.75) is 19.0 Å². The molecule has 0 saturated carbocycles. The van der Waals surface area contributed by atoms with Gasteiger partial charge in [0.15, 0.2) is 0 Å². The van der Waals surface area contributed by atoms with E-state index >= 15 is 0 Å². The summed E-state index contributed by atoms with van der Waals surface area (Å²) in [5.74, 6) is -1.51. The average molecular weight is 379 g/mol. The molecule has 3 aromatic rings. The van der Waals surface area contributed by atoms with Gasteiger partial charge < -0.3 is 15.4 Å². The Morgan fingerprint density at radius 1 is 1.11 bits per heavy atom. The summed E-state index contributed by atoms with van der Waals surface area (Å²) in [6.07, 6.45) is 5.01. The van der Waals surface area contributed by atoms with E-state index in [1.807, 2.05) is 54.7 Å². The first-order chi connectivity index (χ1) is 13.6. The van der Waals surface area contributed by atoms with E-state index in [0.29, 0.717) is 13.0 Å². The van der Waals surface area contributed by atoms with Gasteiger partial charge >= 0.3 is 5.97 Å². The second-order valence-corrected chi connectivity index (χ2v) is 6.39. The van der Waals surface area contributed by atoms with E-state index in [-0.39, 0.29) is 0 Å². The highest BCUT2D eigenvalue weighted by Gasteiger charge is 2.19. The van der Waals surface area contributed by atoms with Gasteiger partial charge in [-0.1, -0.05) is 42.5 Å². The maximum atomic E-state index is 11.7. The summed E-state index contributed by atoms with van der Waals surface area (Å²) in [6.45, 7) is 0.403. The van der Waals surface area contributed by atoms with Gasteiger partial charge in [0.05, 0.1) is 0 Å². The first kappa shape index (κ1) is 19.3. The van der Waals surface area contributed by atoms with Crippen LogP contribution in [-0.2, 0) is 22.6 Å². The first-order valence-corrected chi connectivity index (χ1v) is 8.79. The van der Waals surface area contributed by atoms with Crippen molar-refractivity contribution < 1.29 is 19.9 Å². The van der Waals surface area contributed by atoms with Gasteiger partial charge in [-0.2, -0.15) is 0 Å². The van der Waals surface area contributed by atoms with Gasteiger partial charge in [0.2, 0.25) is 0 Å². The van der Waals surface area contributed by atoms with E-state index in [4.69, 9.17) is 5.21 Å². The van der Waals surface area contributed by atoms with Gasteiger partial charge in [0.25, 0.3) is 5.91 Å². The Labute approximate surface area is 161 Å². The summed E-state index contributed by atoms with van der Waals surface area (Å²) in [5.41, 5.74) is 5.19. The molecule has 1 aromatic heterocycles. The molecular weight excluding hydrogens is 358 g/mol. The number of carbonyl (C=O) groups excluding carboxylic acids is 1. The molecule has 7 heteroatoms. The SMILES string of the molecule is O=C(/C=C/c1ccc(CNC(Cc2c[nH]c3ccccc23)C(=O)O)cc1)NO. The van der Waals surface area contributed by atoms with Gasteiger partial charge in [0.1, 0.15) is 6.04 Å². The molecule has 0 aliphatic heterocycles. The molecule has 1 unspecified atom stereocenters. The van der Waals surface area contributed by atoms with E-state index in [9.17, 15) is 14.7 Å². The molecule has 1 atom stereocenters. The Kier molecular flexibility index (Phi) is 6.21. The number of H-pyrrole nitrogens is 1. The standard InChI is InChI=1S/C21H21N3O4/c25-20(24-28)10-9-14-5-7-15(8-6-14)12-22-19(21(26)27)11-16-13-23-18-4-2-1-3-17(16)18/h1-10,13,19,22-23,28H,11-12H2,(H,24,25)(H,26,27)/b10-9+.